The number of rotatable bonds is 5. The van der Waals surface area contributed by atoms with E-state index in [-0.39, 0.29) is 11.5 Å². The lowest BCUT2D eigenvalue weighted by Gasteiger charge is -2.16. The van der Waals surface area contributed by atoms with E-state index in [1.165, 1.54) is 17.9 Å². The van der Waals surface area contributed by atoms with Crippen molar-refractivity contribution in [3.8, 4) is 0 Å². The molecule has 0 radical (unpaired) electrons. The second-order valence-electron chi connectivity index (χ2n) is 6.76. The average Bonchev–Trinajstić information content (AvgIpc) is 2.73. The zero-order valence-electron chi connectivity index (χ0n) is 16.3. The SMILES string of the molecule is COC(=O)[C@@H](C)n1ccc2c(NC(=O)[C@@H](C)c3ccc(Cl)cc3)cccc2c1=O. The van der Waals surface area contributed by atoms with E-state index in [2.05, 4.69) is 5.32 Å². The first kappa shape index (κ1) is 20.6. The van der Waals surface area contributed by atoms with Crippen LogP contribution in [0.25, 0.3) is 10.8 Å². The molecule has 1 N–H and O–H groups in total. The van der Waals surface area contributed by atoms with Gasteiger partial charge in [-0.3, -0.25) is 9.59 Å². The number of anilines is 1. The highest BCUT2D eigenvalue weighted by molar-refractivity contribution is 6.30. The number of pyridine rings is 1. The molecule has 7 heteroatoms. The van der Waals surface area contributed by atoms with Crippen LogP contribution in [-0.2, 0) is 14.3 Å². The summed E-state index contributed by atoms with van der Waals surface area (Å²) in [6.45, 7) is 3.40. The maximum absolute atomic E-state index is 12.8. The summed E-state index contributed by atoms with van der Waals surface area (Å²) in [6, 6.07) is 13.1. The molecule has 0 bridgehead atoms. The quantitative estimate of drug-likeness (QED) is 0.639. The van der Waals surface area contributed by atoms with Gasteiger partial charge in [0.25, 0.3) is 5.56 Å². The van der Waals surface area contributed by atoms with Gasteiger partial charge in [0.1, 0.15) is 6.04 Å². The van der Waals surface area contributed by atoms with Gasteiger partial charge in [0.05, 0.1) is 13.0 Å². The highest BCUT2D eigenvalue weighted by Gasteiger charge is 2.19. The van der Waals surface area contributed by atoms with Crippen LogP contribution in [0.3, 0.4) is 0 Å². The van der Waals surface area contributed by atoms with Crippen LogP contribution in [0.1, 0.15) is 31.4 Å². The Morgan fingerprint density at radius 1 is 1.03 bits per heavy atom. The minimum Gasteiger partial charge on any atom is -0.467 e. The Kier molecular flexibility index (Phi) is 6.03. The zero-order chi connectivity index (χ0) is 21.1. The van der Waals surface area contributed by atoms with Crippen molar-refractivity contribution >= 4 is 39.9 Å². The Balaban J connectivity index is 1.93. The van der Waals surface area contributed by atoms with Gasteiger partial charge < -0.3 is 14.6 Å². The number of halogens is 1. The third-order valence-electron chi connectivity index (χ3n) is 4.95. The molecule has 0 spiro atoms. The predicted molar refractivity (Wildman–Crippen MR) is 113 cm³/mol. The molecule has 0 saturated heterocycles. The van der Waals surface area contributed by atoms with E-state index in [0.29, 0.717) is 21.5 Å². The van der Waals surface area contributed by atoms with Gasteiger partial charge in [-0.05, 0) is 49.7 Å². The molecular weight excluding hydrogens is 392 g/mol. The number of benzene rings is 2. The Labute approximate surface area is 173 Å². The van der Waals surface area contributed by atoms with Crippen LogP contribution >= 0.6 is 11.6 Å². The number of nitrogens with zero attached hydrogens (tertiary/aromatic N) is 1. The van der Waals surface area contributed by atoms with Crippen molar-refractivity contribution in [1.29, 1.82) is 0 Å². The fourth-order valence-electron chi connectivity index (χ4n) is 3.13. The average molecular weight is 413 g/mol. The summed E-state index contributed by atoms with van der Waals surface area (Å²) in [5, 5.41) is 4.50. The zero-order valence-corrected chi connectivity index (χ0v) is 17.1. The molecule has 6 nitrogen and oxygen atoms in total. The molecular formula is C22H21ClN2O4. The van der Waals surface area contributed by atoms with Crippen molar-refractivity contribution in [2.75, 3.05) is 12.4 Å². The first-order valence-corrected chi connectivity index (χ1v) is 9.49. The fourth-order valence-corrected chi connectivity index (χ4v) is 3.26. The number of ether oxygens (including phenoxy) is 1. The van der Waals surface area contributed by atoms with Crippen molar-refractivity contribution in [3.05, 3.63) is 75.7 Å². The number of hydrogen-bond donors (Lipinski definition) is 1. The fraction of sp³-hybridized carbons (Fsp3) is 0.227. The van der Waals surface area contributed by atoms with Gasteiger partial charge in [-0.15, -0.1) is 0 Å². The summed E-state index contributed by atoms with van der Waals surface area (Å²) >= 11 is 5.91. The minimum atomic E-state index is -0.750. The third kappa shape index (κ3) is 4.17. The smallest absolute Gasteiger partial charge is 0.328 e. The highest BCUT2D eigenvalue weighted by atomic mass is 35.5. The molecule has 0 aliphatic rings. The second kappa shape index (κ2) is 8.49. The molecule has 2 aromatic carbocycles. The molecule has 2 atom stereocenters. The summed E-state index contributed by atoms with van der Waals surface area (Å²) in [7, 11) is 1.28. The van der Waals surface area contributed by atoms with Crippen LogP contribution in [0.5, 0.6) is 0 Å². The molecule has 150 valence electrons. The number of carbonyl (C=O) groups excluding carboxylic acids is 2. The summed E-state index contributed by atoms with van der Waals surface area (Å²) in [6.07, 6.45) is 1.53. The molecule has 1 aromatic heterocycles. The monoisotopic (exact) mass is 412 g/mol. The van der Waals surface area contributed by atoms with E-state index < -0.39 is 17.9 Å². The Morgan fingerprint density at radius 3 is 2.38 bits per heavy atom. The van der Waals surface area contributed by atoms with Gasteiger partial charge in [0, 0.05) is 27.7 Å². The Morgan fingerprint density at radius 2 is 1.72 bits per heavy atom. The number of carbonyl (C=O) groups is 2. The van der Waals surface area contributed by atoms with E-state index in [1.807, 2.05) is 12.1 Å². The van der Waals surface area contributed by atoms with Crippen LogP contribution in [0.15, 0.2) is 59.5 Å². The Hall–Kier alpha value is -3.12. The van der Waals surface area contributed by atoms with E-state index in [0.717, 1.165) is 5.56 Å². The Bertz CT molecular complexity index is 1120. The van der Waals surface area contributed by atoms with Crippen molar-refractivity contribution in [2.24, 2.45) is 0 Å². The standard InChI is InChI=1S/C22H21ClN2O4/c1-13(15-7-9-16(23)10-8-15)20(26)24-19-6-4-5-18-17(19)11-12-25(21(18)27)14(2)22(28)29-3/h4-14H,1-3H3,(H,24,26)/t13-,14+/m0/s1. The molecule has 0 fully saturated rings. The molecule has 1 heterocycles. The number of nitrogens with one attached hydrogen (secondary N) is 1. The van der Waals surface area contributed by atoms with Gasteiger partial charge >= 0.3 is 5.97 Å². The van der Waals surface area contributed by atoms with Crippen molar-refractivity contribution in [1.82, 2.24) is 4.57 Å². The van der Waals surface area contributed by atoms with E-state index in [9.17, 15) is 14.4 Å². The maximum atomic E-state index is 12.8. The van der Waals surface area contributed by atoms with Gasteiger partial charge in [0.15, 0.2) is 0 Å². The lowest BCUT2D eigenvalue weighted by atomic mass is 10.00. The number of amides is 1. The van der Waals surface area contributed by atoms with Crippen LogP contribution in [-0.4, -0.2) is 23.6 Å². The van der Waals surface area contributed by atoms with Crippen molar-refractivity contribution in [3.63, 3.8) is 0 Å². The molecule has 0 aliphatic heterocycles. The largest absolute Gasteiger partial charge is 0.467 e. The number of hydrogen-bond acceptors (Lipinski definition) is 4. The number of esters is 1. The summed E-state index contributed by atoms with van der Waals surface area (Å²) in [5.74, 6) is -1.11. The normalized spacial score (nSPS) is 13.0. The molecule has 3 rings (SSSR count). The summed E-state index contributed by atoms with van der Waals surface area (Å²) in [4.78, 5) is 37.4. The van der Waals surface area contributed by atoms with Gasteiger partial charge in [0.2, 0.25) is 5.91 Å². The van der Waals surface area contributed by atoms with Crippen molar-refractivity contribution < 1.29 is 14.3 Å². The minimum absolute atomic E-state index is 0.202. The molecule has 0 unspecified atom stereocenters. The highest BCUT2D eigenvalue weighted by Crippen LogP contribution is 2.25. The first-order valence-electron chi connectivity index (χ1n) is 9.11. The molecule has 3 aromatic rings. The number of fused-ring (bicyclic) bond motifs is 1. The lowest BCUT2D eigenvalue weighted by Crippen LogP contribution is -2.28. The molecule has 0 saturated carbocycles. The molecule has 29 heavy (non-hydrogen) atoms. The topological polar surface area (TPSA) is 77.4 Å². The van der Waals surface area contributed by atoms with Crippen LogP contribution in [0.2, 0.25) is 5.02 Å². The number of aromatic nitrogens is 1. The summed E-state index contributed by atoms with van der Waals surface area (Å²) < 4.78 is 6.04. The molecule has 0 aliphatic carbocycles. The van der Waals surface area contributed by atoms with E-state index in [1.54, 1.807) is 50.2 Å². The van der Waals surface area contributed by atoms with Crippen LogP contribution in [0.4, 0.5) is 5.69 Å². The number of methoxy groups -OCH3 is 1. The van der Waals surface area contributed by atoms with Crippen LogP contribution in [0, 0.1) is 0 Å². The predicted octanol–water partition coefficient (Wildman–Crippen LogP) is 4.13. The molecule has 1 amide bonds. The van der Waals surface area contributed by atoms with Crippen LogP contribution < -0.4 is 10.9 Å². The van der Waals surface area contributed by atoms with E-state index >= 15 is 0 Å². The first-order chi connectivity index (χ1) is 13.8. The van der Waals surface area contributed by atoms with Crippen molar-refractivity contribution in [2.45, 2.75) is 25.8 Å². The second-order valence-corrected chi connectivity index (χ2v) is 7.19. The van der Waals surface area contributed by atoms with Gasteiger partial charge in [-0.1, -0.05) is 29.8 Å². The summed E-state index contributed by atoms with van der Waals surface area (Å²) in [5.41, 5.74) is 1.03. The maximum Gasteiger partial charge on any atom is 0.328 e. The van der Waals surface area contributed by atoms with E-state index in [4.69, 9.17) is 16.3 Å². The van der Waals surface area contributed by atoms with Gasteiger partial charge in [-0.2, -0.15) is 0 Å². The third-order valence-corrected chi connectivity index (χ3v) is 5.21. The van der Waals surface area contributed by atoms with Gasteiger partial charge in [-0.25, -0.2) is 4.79 Å². The lowest BCUT2D eigenvalue weighted by molar-refractivity contribution is -0.144.